The summed E-state index contributed by atoms with van der Waals surface area (Å²) in [5.74, 6) is 0.337. The molecule has 0 aromatic rings. The van der Waals surface area contributed by atoms with Gasteiger partial charge in [0.1, 0.15) is 5.84 Å². The van der Waals surface area contributed by atoms with Gasteiger partial charge in [0.05, 0.1) is 5.71 Å². The van der Waals surface area contributed by atoms with Crippen LogP contribution in [-0.2, 0) is 0 Å². The van der Waals surface area contributed by atoms with E-state index < -0.39 is 0 Å². The summed E-state index contributed by atoms with van der Waals surface area (Å²) < 4.78 is 0. The van der Waals surface area contributed by atoms with Gasteiger partial charge in [0.25, 0.3) is 0 Å². The molecule has 1 aliphatic rings. The lowest BCUT2D eigenvalue weighted by molar-refractivity contribution is 1.41. The Morgan fingerprint density at radius 1 is 1.42 bits per heavy atom. The van der Waals surface area contributed by atoms with E-state index in [2.05, 4.69) is 4.99 Å². The second-order valence-corrected chi connectivity index (χ2v) is 2.54. The average molecular weight is 160 g/mol. The van der Waals surface area contributed by atoms with Crippen molar-refractivity contribution in [2.45, 2.75) is 13.8 Å². The van der Waals surface area contributed by atoms with E-state index in [9.17, 15) is 0 Å². The predicted molar refractivity (Wildman–Crippen MR) is 52.9 cm³/mol. The minimum absolute atomic E-state index is 0.337. The van der Waals surface area contributed by atoms with Crippen molar-refractivity contribution in [3.8, 4) is 0 Å². The lowest BCUT2D eigenvalue weighted by Gasteiger charge is -2.04. The van der Waals surface area contributed by atoms with E-state index in [1.165, 1.54) is 0 Å². The third-order valence-corrected chi connectivity index (χ3v) is 1.54. The number of nitrogens with one attached hydrogen (secondary N) is 1. The van der Waals surface area contributed by atoms with Crippen LogP contribution in [0.5, 0.6) is 0 Å². The molecule has 0 aromatic carbocycles. The summed E-state index contributed by atoms with van der Waals surface area (Å²) in [7, 11) is 0. The third-order valence-electron chi connectivity index (χ3n) is 1.54. The van der Waals surface area contributed by atoms with Crippen molar-refractivity contribution in [3.63, 3.8) is 0 Å². The van der Waals surface area contributed by atoms with Crippen LogP contribution in [0.15, 0.2) is 40.9 Å². The van der Waals surface area contributed by atoms with Crippen molar-refractivity contribution in [1.82, 2.24) is 0 Å². The monoisotopic (exact) mass is 160 g/mol. The summed E-state index contributed by atoms with van der Waals surface area (Å²) in [4.78, 5) is 4.08. The van der Waals surface area contributed by atoms with Crippen molar-refractivity contribution in [3.05, 3.63) is 36.0 Å². The zero-order chi connectivity index (χ0) is 8.97. The molecule has 0 saturated carbocycles. The Morgan fingerprint density at radius 2 is 2.08 bits per heavy atom. The Bertz CT molecular complexity index is 304. The Hall–Kier alpha value is -1.44. The molecule has 0 aliphatic heterocycles. The number of hydrogen-bond acceptors (Lipinski definition) is 1. The normalized spacial score (nSPS) is 22.2. The van der Waals surface area contributed by atoms with Gasteiger partial charge in [-0.3, -0.25) is 5.41 Å². The Morgan fingerprint density at radius 3 is 2.67 bits per heavy atom. The smallest absolute Gasteiger partial charge is 0.118 e. The second-order valence-electron chi connectivity index (χ2n) is 2.54. The molecule has 0 saturated heterocycles. The van der Waals surface area contributed by atoms with Gasteiger partial charge >= 0.3 is 0 Å². The molecule has 0 amide bonds. The number of rotatable bonds is 0. The fourth-order valence-corrected chi connectivity index (χ4v) is 1.01. The molecule has 0 aromatic heterocycles. The molecule has 12 heavy (non-hydrogen) atoms. The van der Waals surface area contributed by atoms with Gasteiger partial charge in [-0.15, -0.1) is 0 Å². The molecule has 0 heterocycles. The number of allylic oxidation sites excluding steroid dienone is 6. The summed E-state index contributed by atoms with van der Waals surface area (Å²) in [6.45, 7) is 3.64. The van der Waals surface area contributed by atoms with Crippen molar-refractivity contribution < 1.29 is 0 Å². The molecule has 0 radical (unpaired) electrons. The van der Waals surface area contributed by atoms with Gasteiger partial charge in [0.15, 0.2) is 0 Å². The van der Waals surface area contributed by atoms with E-state index in [-0.39, 0.29) is 0 Å². The minimum Gasteiger partial charge on any atom is -0.287 e. The quantitative estimate of drug-likeness (QED) is 0.417. The van der Waals surface area contributed by atoms with E-state index in [1.807, 2.05) is 37.3 Å². The molecule has 1 rings (SSSR count). The minimum atomic E-state index is 0.337. The van der Waals surface area contributed by atoms with E-state index in [0.29, 0.717) is 5.84 Å². The fourth-order valence-electron chi connectivity index (χ4n) is 1.01. The first-order chi connectivity index (χ1) is 5.74. The standard InChI is InChI=1S/C10H12N2/c1-3-9-6-4-5-7-10(9)12-8(2)11/h3-7,11H,1-2H3/b9-3-,11-8?,12-10-. The molecule has 2 heteroatoms. The highest BCUT2D eigenvalue weighted by molar-refractivity contribution is 6.15. The van der Waals surface area contributed by atoms with Gasteiger partial charge in [-0.25, -0.2) is 4.99 Å². The molecule has 0 spiro atoms. The van der Waals surface area contributed by atoms with Crippen molar-refractivity contribution in [1.29, 1.82) is 5.41 Å². The highest BCUT2D eigenvalue weighted by atomic mass is 14.8. The Balaban J connectivity index is 2.98. The van der Waals surface area contributed by atoms with Gasteiger partial charge in [-0.1, -0.05) is 24.3 Å². The van der Waals surface area contributed by atoms with Crippen molar-refractivity contribution in [2.24, 2.45) is 4.99 Å². The predicted octanol–water partition coefficient (Wildman–Crippen LogP) is 2.50. The number of amidine groups is 1. The number of nitrogens with zero attached hydrogens (tertiary/aromatic N) is 1. The van der Waals surface area contributed by atoms with Crippen LogP contribution in [0, 0.1) is 5.41 Å². The van der Waals surface area contributed by atoms with Crippen LogP contribution in [0.4, 0.5) is 0 Å². The Kier molecular flexibility index (Phi) is 2.75. The topological polar surface area (TPSA) is 36.2 Å². The first-order valence-corrected chi connectivity index (χ1v) is 3.89. The van der Waals surface area contributed by atoms with Crippen LogP contribution in [0.25, 0.3) is 0 Å². The van der Waals surface area contributed by atoms with Crippen LogP contribution >= 0.6 is 0 Å². The van der Waals surface area contributed by atoms with Crippen LogP contribution in [0.2, 0.25) is 0 Å². The third kappa shape index (κ3) is 2.02. The van der Waals surface area contributed by atoms with Gasteiger partial charge in [-0.05, 0) is 25.5 Å². The molecule has 0 unspecified atom stereocenters. The van der Waals surface area contributed by atoms with Gasteiger partial charge < -0.3 is 0 Å². The highest BCUT2D eigenvalue weighted by Gasteiger charge is 2.01. The second kappa shape index (κ2) is 3.81. The van der Waals surface area contributed by atoms with Crippen molar-refractivity contribution >= 4 is 11.5 Å². The Labute approximate surface area is 72.5 Å². The van der Waals surface area contributed by atoms with Crippen LogP contribution in [-0.4, -0.2) is 11.5 Å². The molecule has 1 N–H and O–H groups in total. The van der Waals surface area contributed by atoms with E-state index in [4.69, 9.17) is 5.41 Å². The lowest BCUT2D eigenvalue weighted by Crippen LogP contribution is -2.02. The largest absolute Gasteiger partial charge is 0.287 e. The van der Waals surface area contributed by atoms with Gasteiger partial charge in [-0.2, -0.15) is 0 Å². The maximum Gasteiger partial charge on any atom is 0.118 e. The maximum absolute atomic E-state index is 7.22. The first-order valence-electron chi connectivity index (χ1n) is 3.89. The number of hydrogen-bond donors (Lipinski definition) is 1. The first kappa shape index (κ1) is 8.65. The zero-order valence-electron chi connectivity index (χ0n) is 7.33. The summed E-state index contributed by atoms with van der Waals surface area (Å²) in [6, 6.07) is 0. The lowest BCUT2D eigenvalue weighted by atomic mass is 10.1. The van der Waals surface area contributed by atoms with E-state index >= 15 is 0 Å². The molecule has 0 fully saturated rings. The van der Waals surface area contributed by atoms with Crippen LogP contribution < -0.4 is 0 Å². The molecule has 0 bridgehead atoms. The summed E-state index contributed by atoms with van der Waals surface area (Å²) in [6.07, 6.45) is 9.78. The zero-order valence-corrected chi connectivity index (χ0v) is 7.33. The SMILES string of the molecule is C/C=C1/C=CC=C/C1=N/C(C)=N. The maximum atomic E-state index is 7.22. The molecule has 0 atom stereocenters. The average Bonchev–Trinajstić information content (AvgIpc) is 2.04. The summed E-state index contributed by atoms with van der Waals surface area (Å²) in [5, 5.41) is 7.22. The molecular weight excluding hydrogens is 148 g/mol. The molecule has 2 nitrogen and oxygen atoms in total. The van der Waals surface area contributed by atoms with E-state index in [0.717, 1.165) is 11.3 Å². The highest BCUT2D eigenvalue weighted by Crippen LogP contribution is 2.07. The molecular formula is C10H12N2. The van der Waals surface area contributed by atoms with Gasteiger partial charge in [0.2, 0.25) is 0 Å². The molecule has 62 valence electrons. The molecule has 1 aliphatic carbocycles. The summed E-state index contributed by atoms with van der Waals surface area (Å²) >= 11 is 0. The van der Waals surface area contributed by atoms with Gasteiger partial charge in [0, 0.05) is 0 Å². The van der Waals surface area contributed by atoms with Crippen molar-refractivity contribution in [2.75, 3.05) is 0 Å². The van der Waals surface area contributed by atoms with Crippen LogP contribution in [0.3, 0.4) is 0 Å². The summed E-state index contributed by atoms with van der Waals surface area (Å²) in [5.41, 5.74) is 1.94. The fraction of sp³-hybridized carbons (Fsp3) is 0.200. The van der Waals surface area contributed by atoms with E-state index in [1.54, 1.807) is 6.92 Å². The van der Waals surface area contributed by atoms with Crippen LogP contribution in [0.1, 0.15) is 13.8 Å². The number of aliphatic imine (C=N–C) groups is 1.